The van der Waals surface area contributed by atoms with Gasteiger partial charge in [0.15, 0.2) is 0 Å². The SMILES string of the molecule is Cc1cc2c3ccccc3c3c4ccccc4c(c1)n23. The Morgan fingerprint density at radius 1 is 0.650 bits per heavy atom. The van der Waals surface area contributed by atoms with E-state index in [1.807, 2.05) is 0 Å². The standard InChI is InChI=1S/C19H13N/c1-12-10-17-13-6-2-4-8-15(13)19-16-9-5-3-7-14(16)18(11-12)20(17)19/h2-11H,1H3. The molecular formula is C19H13N. The second-order valence-electron chi connectivity index (χ2n) is 5.58. The van der Waals surface area contributed by atoms with Crippen molar-refractivity contribution < 1.29 is 0 Å². The number of fused-ring (bicyclic) bond motifs is 6. The minimum absolute atomic E-state index is 1.32. The zero-order valence-corrected chi connectivity index (χ0v) is 11.2. The summed E-state index contributed by atoms with van der Waals surface area (Å²) in [6.07, 6.45) is 0. The second-order valence-corrected chi connectivity index (χ2v) is 5.58. The molecule has 1 nitrogen and oxygen atoms in total. The summed E-state index contributed by atoms with van der Waals surface area (Å²) in [6, 6.07) is 22.0. The van der Waals surface area contributed by atoms with Crippen molar-refractivity contribution in [3.8, 4) is 0 Å². The second kappa shape index (κ2) is 3.31. The van der Waals surface area contributed by atoms with Gasteiger partial charge in [-0.1, -0.05) is 48.5 Å². The molecular weight excluding hydrogens is 242 g/mol. The molecule has 0 aliphatic carbocycles. The molecule has 3 heterocycles. The summed E-state index contributed by atoms with van der Waals surface area (Å²) in [6.45, 7) is 2.18. The van der Waals surface area contributed by atoms with E-state index in [-0.39, 0.29) is 0 Å². The van der Waals surface area contributed by atoms with Crippen LogP contribution in [0.25, 0.3) is 38.1 Å². The van der Waals surface area contributed by atoms with Crippen LogP contribution in [0.5, 0.6) is 0 Å². The largest absolute Gasteiger partial charge is 0.308 e. The Kier molecular flexibility index (Phi) is 1.70. The predicted molar refractivity (Wildman–Crippen MR) is 85.8 cm³/mol. The predicted octanol–water partition coefficient (Wildman–Crippen LogP) is 5.15. The maximum absolute atomic E-state index is 2.42. The molecule has 0 N–H and O–H groups in total. The number of rotatable bonds is 0. The maximum atomic E-state index is 2.42. The summed E-state index contributed by atoms with van der Waals surface area (Å²) in [4.78, 5) is 0. The van der Waals surface area contributed by atoms with E-state index in [1.54, 1.807) is 0 Å². The molecule has 5 rings (SSSR count). The number of pyridine rings is 1. The van der Waals surface area contributed by atoms with Gasteiger partial charge in [-0.05, 0) is 24.6 Å². The molecule has 0 spiro atoms. The molecule has 0 amide bonds. The van der Waals surface area contributed by atoms with Crippen LogP contribution < -0.4 is 0 Å². The monoisotopic (exact) mass is 255 g/mol. The van der Waals surface area contributed by atoms with Gasteiger partial charge in [-0.15, -0.1) is 0 Å². The number of hydrogen-bond donors (Lipinski definition) is 0. The lowest BCUT2D eigenvalue weighted by atomic mass is 10.1. The molecule has 2 aromatic carbocycles. The lowest BCUT2D eigenvalue weighted by Crippen LogP contribution is -1.83. The molecule has 1 heteroatoms. The normalized spacial score (nSPS) is 12.2. The molecule has 0 unspecified atom stereocenters. The van der Waals surface area contributed by atoms with Gasteiger partial charge in [-0.3, -0.25) is 0 Å². The van der Waals surface area contributed by atoms with Gasteiger partial charge in [-0.25, -0.2) is 0 Å². The van der Waals surface area contributed by atoms with Crippen LogP contribution in [0.2, 0.25) is 0 Å². The van der Waals surface area contributed by atoms with Crippen molar-refractivity contribution in [3.63, 3.8) is 0 Å². The topological polar surface area (TPSA) is 4.41 Å². The van der Waals surface area contributed by atoms with Crippen molar-refractivity contribution in [1.29, 1.82) is 0 Å². The number of nitrogens with zero attached hydrogens (tertiary/aromatic N) is 1. The molecule has 0 saturated carbocycles. The Morgan fingerprint density at radius 2 is 1.10 bits per heavy atom. The molecule has 0 saturated heterocycles. The van der Waals surface area contributed by atoms with Crippen LogP contribution in [0.1, 0.15) is 5.56 Å². The molecule has 0 fully saturated rings. The van der Waals surface area contributed by atoms with Crippen LogP contribution in [0.3, 0.4) is 0 Å². The molecule has 94 valence electrons. The summed E-state index contributed by atoms with van der Waals surface area (Å²) < 4.78 is 2.42. The van der Waals surface area contributed by atoms with Crippen molar-refractivity contribution >= 4 is 38.1 Å². The molecule has 0 bridgehead atoms. The Labute approximate surface area is 116 Å². The van der Waals surface area contributed by atoms with Crippen molar-refractivity contribution in [2.24, 2.45) is 0 Å². The van der Waals surface area contributed by atoms with E-state index >= 15 is 0 Å². The number of benzene rings is 2. The van der Waals surface area contributed by atoms with E-state index in [4.69, 9.17) is 0 Å². The minimum atomic E-state index is 1.32. The average Bonchev–Trinajstić information content (AvgIpc) is 2.98. The molecule has 0 radical (unpaired) electrons. The van der Waals surface area contributed by atoms with Gasteiger partial charge in [0.1, 0.15) is 0 Å². The Hall–Kier alpha value is -2.54. The number of aryl methyl sites for hydroxylation is 1. The van der Waals surface area contributed by atoms with Gasteiger partial charge < -0.3 is 4.40 Å². The van der Waals surface area contributed by atoms with Crippen LogP contribution in [0, 0.1) is 6.92 Å². The molecule has 5 aromatic rings. The first-order valence-electron chi connectivity index (χ1n) is 6.98. The highest BCUT2D eigenvalue weighted by atomic mass is 14.9. The van der Waals surface area contributed by atoms with Gasteiger partial charge in [0.25, 0.3) is 0 Å². The van der Waals surface area contributed by atoms with Crippen molar-refractivity contribution in [1.82, 2.24) is 4.40 Å². The van der Waals surface area contributed by atoms with E-state index in [2.05, 4.69) is 72.0 Å². The molecule has 3 aromatic heterocycles. The first kappa shape index (κ1) is 10.3. The van der Waals surface area contributed by atoms with Crippen molar-refractivity contribution in [2.75, 3.05) is 0 Å². The zero-order valence-electron chi connectivity index (χ0n) is 11.2. The maximum Gasteiger partial charge on any atom is 0.0620 e. The van der Waals surface area contributed by atoms with Gasteiger partial charge in [-0.2, -0.15) is 0 Å². The fourth-order valence-electron chi connectivity index (χ4n) is 3.58. The summed E-state index contributed by atoms with van der Waals surface area (Å²) in [5.74, 6) is 0. The van der Waals surface area contributed by atoms with E-state index < -0.39 is 0 Å². The van der Waals surface area contributed by atoms with E-state index in [0.29, 0.717) is 0 Å². The Morgan fingerprint density at radius 3 is 1.60 bits per heavy atom. The van der Waals surface area contributed by atoms with Crippen molar-refractivity contribution in [2.45, 2.75) is 6.92 Å². The number of aromatic nitrogens is 1. The lowest BCUT2D eigenvalue weighted by Gasteiger charge is -2.00. The highest BCUT2D eigenvalue weighted by Gasteiger charge is 2.16. The quantitative estimate of drug-likeness (QED) is 0.360. The fraction of sp³-hybridized carbons (Fsp3) is 0.0526. The minimum Gasteiger partial charge on any atom is -0.308 e. The first-order valence-corrected chi connectivity index (χ1v) is 6.98. The third-order valence-electron chi connectivity index (χ3n) is 4.35. The highest BCUT2D eigenvalue weighted by Crippen LogP contribution is 2.38. The third-order valence-corrected chi connectivity index (χ3v) is 4.35. The zero-order chi connectivity index (χ0) is 13.3. The summed E-state index contributed by atoms with van der Waals surface area (Å²) >= 11 is 0. The van der Waals surface area contributed by atoms with E-state index in [0.717, 1.165) is 0 Å². The number of hydrogen-bond acceptors (Lipinski definition) is 0. The van der Waals surface area contributed by atoms with Crippen LogP contribution in [-0.2, 0) is 0 Å². The van der Waals surface area contributed by atoms with Crippen molar-refractivity contribution in [3.05, 3.63) is 66.2 Å². The smallest absolute Gasteiger partial charge is 0.0620 e. The van der Waals surface area contributed by atoms with Gasteiger partial charge in [0.2, 0.25) is 0 Å². The highest BCUT2D eigenvalue weighted by molar-refractivity contribution is 6.23. The third kappa shape index (κ3) is 1.05. The summed E-state index contributed by atoms with van der Waals surface area (Å²) in [7, 11) is 0. The van der Waals surface area contributed by atoms with E-state index in [9.17, 15) is 0 Å². The van der Waals surface area contributed by atoms with Crippen LogP contribution in [0.15, 0.2) is 60.7 Å². The van der Waals surface area contributed by atoms with Crippen LogP contribution >= 0.6 is 0 Å². The molecule has 0 atom stereocenters. The Balaban J connectivity index is 2.30. The fourth-order valence-corrected chi connectivity index (χ4v) is 3.58. The molecule has 20 heavy (non-hydrogen) atoms. The lowest BCUT2D eigenvalue weighted by molar-refractivity contribution is 1.33. The molecule has 0 aliphatic heterocycles. The van der Waals surface area contributed by atoms with E-state index in [1.165, 1.54) is 43.7 Å². The van der Waals surface area contributed by atoms with Crippen LogP contribution in [-0.4, -0.2) is 4.40 Å². The first-order chi connectivity index (χ1) is 9.84. The van der Waals surface area contributed by atoms with Crippen LogP contribution in [0.4, 0.5) is 0 Å². The Bertz CT molecular complexity index is 1020. The average molecular weight is 255 g/mol. The van der Waals surface area contributed by atoms with Gasteiger partial charge in [0.05, 0.1) is 16.6 Å². The van der Waals surface area contributed by atoms with Gasteiger partial charge >= 0.3 is 0 Å². The van der Waals surface area contributed by atoms with Gasteiger partial charge in [0, 0.05) is 21.5 Å². The summed E-state index contributed by atoms with van der Waals surface area (Å²) in [5, 5.41) is 5.40. The summed E-state index contributed by atoms with van der Waals surface area (Å²) in [5.41, 5.74) is 5.31. The molecule has 0 aliphatic rings.